The van der Waals surface area contributed by atoms with Crippen LogP contribution in [0.25, 0.3) is 0 Å². The van der Waals surface area contributed by atoms with Gasteiger partial charge in [0, 0.05) is 24.1 Å². The van der Waals surface area contributed by atoms with E-state index in [9.17, 15) is 13.6 Å². The van der Waals surface area contributed by atoms with Crippen LogP contribution in [0.4, 0.5) is 8.78 Å². The van der Waals surface area contributed by atoms with Crippen LogP contribution in [0, 0.1) is 5.41 Å². The minimum atomic E-state index is -3.01. The average molecular weight is 399 g/mol. The predicted molar refractivity (Wildman–Crippen MR) is 94.1 cm³/mol. The van der Waals surface area contributed by atoms with Gasteiger partial charge in [-0.3, -0.25) is 4.79 Å². The van der Waals surface area contributed by atoms with E-state index in [2.05, 4.69) is 15.4 Å². The number of carbonyl (C=O) groups excluding carboxylic acids is 1. The number of nitrogens with one attached hydrogen (secondary N) is 2. The highest BCUT2D eigenvalue weighted by Crippen LogP contribution is 2.29. The second-order valence-electron chi connectivity index (χ2n) is 5.88. The van der Waals surface area contributed by atoms with Crippen molar-refractivity contribution in [3.8, 4) is 5.75 Å². The standard InChI is InChI=1S/C16H21ClF2N2O3.ClH/c1-23-10-16(4-6-20-7-5-16)9-21-14(22)12-8-11(17)2-3-13(12)24-15(18)19;/h2-3,8,15,20H,4-7,9-10H2,1H3,(H,21,22);1H. The number of carbonyl (C=O) groups is 1. The van der Waals surface area contributed by atoms with E-state index in [0.717, 1.165) is 25.9 Å². The van der Waals surface area contributed by atoms with E-state index in [0.29, 0.717) is 13.2 Å². The molecule has 0 unspecified atom stereocenters. The molecule has 1 amide bonds. The van der Waals surface area contributed by atoms with Gasteiger partial charge in [0.1, 0.15) is 5.75 Å². The SMILES string of the molecule is COCC1(CNC(=O)c2cc(Cl)ccc2OC(F)F)CCNCC1.Cl. The van der Waals surface area contributed by atoms with E-state index in [4.69, 9.17) is 16.3 Å². The Morgan fingerprint density at radius 2 is 2.08 bits per heavy atom. The third kappa shape index (κ3) is 6.26. The highest BCUT2D eigenvalue weighted by atomic mass is 35.5. The Bertz CT molecular complexity index is 565. The molecule has 0 spiro atoms. The molecular weight excluding hydrogens is 377 g/mol. The van der Waals surface area contributed by atoms with E-state index in [1.54, 1.807) is 7.11 Å². The maximum absolute atomic E-state index is 12.5. The van der Waals surface area contributed by atoms with Crippen LogP contribution in [-0.4, -0.2) is 45.9 Å². The molecule has 2 N–H and O–H groups in total. The first-order valence-corrected chi connectivity index (χ1v) is 8.06. The smallest absolute Gasteiger partial charge is 0.387 e. The molecule has 1 aliphatic rings. The van der Waals surface area contributed by atoms with Crippen molar-refractivity contribution in [2.24, 2.45) is 5.41 Å². The van der Waals surface area contributed by atoms with E-state index in [1.807, 2.05) is 0 Å². The molecule has 142 valence electrons. The Hall–Kier alpha value is -1.15. The van der Waals surface area contributed by atoms with Crippen molar-refractivity contribution in [1.29, 1.82) is 0 Å². The summed E-state index contributed by atoms with van der Waals surface area (Å²) in [5.74, 6) is -0.694. The van der Waals surface area contributed by atoms with Crippen molar-refractivity contribution in [3.05, 3.63) is 28.8 Å². The Morgan fingerprint density at radius 3 is 2.68 bits per heavy atom. The molecule has 0 atom stereocenters. The third-order valence-corrected chi connectivity index (χ3v) is 4.38. The summed E-state index contributed by atoms with van der Waals surface area (Å²) in [5.41, 5.74) is -0.179. The van der Waals surface area contributed by atoms with Crippen molar-refractivity contribution in [1.82, 2.24) is 10.6 Å². The minimum Gasteiger partial charge on any atom is -0.434 e. The van der Waals surface area contributed by atoms with Crippen molar-refractivity contribution in [2.45, 2.75) is 19.5 Å². The fourth-order valence-corrected chi connectivity index (χ4v) is 3.05. The number of alkyl halides is 2. The number of methoxy groups -OCH3 is 1. The van der Waals surface area contributed by atoms with Gasteiger partial charge in [0.05, 0.1) is 12.2 Å². The van der Waals surface area contributed by atoms with Crippen LogP contribution in [0.2, 0.25) is 5.02 Å². The zero-order valence-electron chi connectivity index (χ0n) is 13.8. The summed E-state index contributed by atoms with van der Waals surface area (Å²) in [4.78, 5) is 12.4. The lowest BCUT2D eigenvalue weighted by atomic mass is 9.79. The zero-order chi connectivity index (χ0) is 17.6. The third-order valence-electron chi connectivity index (χ3n) is 4.14. The summed E-state index contributed by atoms with van der Waals surface area (Å²) in [6.45, 7) is -0.416. The Balaban J connectivity index is 0.00000312. The molecule has 1 aromatic carbocycles. The summed E-state index contributed by atoms with van der Waals surface area (Å²) in [7, 11) is 1.62. The van der Waals surface area contributed by atoms with Gasteiger partial charge in [0.25, 0.3) is 5.91 Å². The lowest BCUT2D eigenvalue weighted by Gasteiger charge is -2.37. The average Bonchev–Trinajstić information content (AvgIpc) is 2.55. The lowest BCUT2D eigenvalue weighted by molar-refractivity contribution is -0.0501. The number of ether oxygens (including phenoxy) is 2. The Kier molecular flexibility index (Phi) is 8.85. The van der Waals surface area contributed by atoms with Crippen molar-refractivity contribution >= 4 is 29.9 Å². The quantitative estimate of drug-likeness (QED) is 0.740. The van der Waals surface area contributed by atoms with Crippen LogP contribution < -0.4 is 15.4 Å². The van der Waals surface area contributed by atoms with Gasteiger partial charge >= 0.3 is 6.61 Å². The summed E-state index contributed by atoms with van der Waals surface area (Å²) in [5, 5.41) is 6.34. The molecule has 1 heterocycles. The largest absolute Gasteiger partial charge is 0.434 e. The predicted octanol–water partition coefficient (Wildman–Crippen LogP) is 3.11. The molecular formula is C16H22Cl2F2N2O3. The van der Waals surface area contributed by atoms with Gasteiger partial charge in [-0.2, -0.15) is 8.78 Å². The van der Waals surface area contributed by atoms with E-state index in [-0.39, 0.29) is 34.2 Å². The second-order valence-corrected chi connectivity index (χ2v) is 6.32. The van der Waals surface area contributed by atoms with E-state index in [1.165, 1.54) is 18.2 Å². The van der Waals surface area contributed by atoms with Crippen molar-refractivity contribution in [3.63, 3.8) is 0 Å². The number of benzene rings is 1. The summed E-state index contributed by atoms with van der Waals surface area (Å²) in [6, 6.07) is 3.98. The van der Waals surface area contributed by atoms with E-state index >= 15 is 0 Å². The molecule has 0 aromatic heterocycles. The molecule has 0 bridgehead atoms. The zero-order valence-corrected chi connectivity index (χ0v) is 15.4. The molecule has 0 aliphatic carbocycles. The molecule has 0 saturated carbocycles. The molecule has 5 nitrogen and oxygen atoms in total. The lowest BCUT2D eigenvalue weighted by Crippen LogP contribution is -2.47. The first-order chi connectivity index (χ1) is 11.5. The van der Waals surface area contributed by atoms with Gasteiger partial charge < -0.3 is 20.1 Å². The molecule has 0 radical (unpaired) electrons. The molecule has 1 aromatic rings. The number of rotatable bonds is 7. The molecule has 9 heteroatoms. The van der Waals surface area contributed by atoms with Gasteiger partial charge in [-0.05, 0) is 44.1 Å². The molecule has 1 saturated heterocycles. The van der Waals surface area contributed by atoms with Crippen LogP contribution in [-0.2, 0) is 4.74 Å². The Morgan fingerprint density at radius 1 is 1.40 bits per heavy atom. The maximum atomic E-state index is 12.5. The summed E-state index contributed by atoms with van der Waals surface area (Å²) < 4.78 is 34.7. The monoisotopic (exact) mass is 398 g/mol. The number of halogens is 4. The van der Waals surface area contributed by atoms with Crippen molar-refractivity contribution in [2.75, 3.05) is 33.4 Å². The van der Waals surface area contributed by atoms with Crippen LogP contribution in [0.15, 0.2) is 18.2 Å². The number of hydrogen-bond acceptors (Lipinski definition) is 4. The van der Waals surface area contributed by atoms with E-state index < -0.39 is 12.5 Å². The highest BCUT2D eigenvalue weighted by molar-refractivity contribution is 6.31. The minimum absolute atomic E-state index is 0. The topological polar surface area (TPSA) is 59.6 Å². The van der Waals surface area contributed by atoms with Gasteiger partial charge in [0.2, 0.25) is 0 Å². The Labute approximate surface area is 156 Å². The summed E-state index contributed by atoms with van der Waals surface area (Å²) >= 11 is 5.87. The number of amides is 1. The maximum Gasteiger partial charge on any atom is 0.387 e. The molecule has 1 aliphatic heterocycles. The van der Waals surface area contributed by atoms with Gasteiger partial charge in [-0.1, -0.05) is 11.6 Å². The fourth-order valence-electron chi connectivity index (χ4n) is 2.88. The first-order valence-electron chi connectivity index (χ1n) is 7.68. The van der Waals surface area contributed by atoms with Gasteiger partial charge in [-0.25, -0.2) is 0 Å². The molecule has 2 rings (SSSR count). The van der Waals surface area contributed by atoms with Crippen LogP contribution in [0.3, 0.4) is 0 Å². The highest BCUT2D eigenvalue weighted by Gasteiger charge is 2.33. The first kappa shape index (κ1) is 21.9. The van der Waals surface area contributed by atoms with Gasteiger partial charge in [0.15, 0.2) is 0 Å². The van der Waals surface area contributed by atoms with Crippen molar-refractivity contribution < 1.29 is 23.0 Å². The normalized spacial score (nSPS) is 16.2. The molecule has 25 heavy (non-hydrogen) atoms. The second kappa shape index (κ2) is 10.1. The number of piperidine rings is 1. The van der Waals surface area contributed by atoms with Crippen LogP contribution >= 0.6 is 24.0 Å². The van der Waals surface area contributed by atoms with Crippen LogP contribution in [0.5, 0.6) is 5.75 Å². The fraction of sp³-hybridized carbons (Fsp3) is 0.562. The number of hydrogen-bond donors (Lipinski definition) is 2. The van der Waals surface area contributed by atoms with Crippen LogP contribution in [0.1, 0.15) is 23.2 Å². The summed E-state index contributed by atoms with van der Waals surface area (Å²) in [6.07, 6.45) is 1.72. The molecule has 1 fully saturated rings. The van der Waals surface area contributed by atoms with Gasteiger partial charge in [-0.15, -0.1) is 12.4 Å².